The fraction of sp³-hybridized carbons (Fsp3) is 0.571. The van der Waals surface area contributed by atoms with Crippen molar-refractivity contribution in [2.24, 2.45) is 0 Å². The molecule has 1 atom stereocenters. The maximum absolute atomic E-state index is 13.0. The van der Waals surface area contributed by atoms with Crippen LogP contribution in [0.25, 0.3) is 0 Å². The Morgan fingerprint density at radius 2 is 1.65 bits per heavy atom. The van der Waals surface area contributed by atoms with Gasteiger partial charge in [-0.1, -0.05) is 15.9 Å². The number of hydrogen-bond acceptors (Lipinski definition) is 3. The molecule has 0 aromatic heterocycles. The fourth-order valence-electron chi connectivity index (χ4n) is 2.65. The Morgan fingerprint density at radius 1 is 1.08 bits per heavy atom. The van der Waals surface area contributed by atoms with Crippen molar-refractivity contribution < 1.29 is 31.1 Å². The standard InChI is InChI=1S/C14H15BrF6N2O.2ClH/c15-9-1-2-12(24-14(19,20)21)10(7-9)11(8-13(16,17)18)23-5-3-22-4-6-23;;/h1-2,7,11,22H,3-6,8H2;2*1H/t11-;;/m0../s1. The van der Waals surface area contributed by atoms with Crippen LogP contribution in [0.5, 0.6) is 5.75 Å². The molecule has 12 heteroatoms. The zero-order valence-electron chi connectivity index (χ0n) is 13.2. The van der Waals surface area contributed by atoms with Gasteiger partial charge in [0, 0.05) is 42.3 Å². The minimum Gasteiger partial charge on any atom is -0.405 e. The molecular formula is C14H17BrCl2F6N2O. The molecule has 0 spiro atoms. The van der Waals surface area contributed by atoms with Crippen molar-refractivity contribution in [2.45, 2.75) is 25.0 Å². The van der Waals surface area contributed by atoms with Gasteiger partial charge in [0.05, 0.1) is 6.42 Å². The molecule has 1 fully saturated rings. The van der Waals surface area contributed by atoms with Gasteiger partial charge in [0.25, 0.3) is 0 Å². The van der Waals surface area contributed by atoms with Crippen LogP contribution in [0.1, 0.15) is 18.0 Å². The Hall–Kier alpha value is -0.420. The van der Waals surface area contributed by atoms with Crippen LogP contribution < -0.4 is 10.1 Å². The van der Waals surface area contributed by atoms with E-state index in [1.165, 1.54) is 17.0 Å². The zero-order valence-corrected chi connectivity index (χ0v) is 16.4. The van der Waals surface area contributed by atoms with E-state index in [1.807, 2.05) is 0 Å². The number of nitrogens with one attached hydrogen (secondary N) is 1. The van der Waals surface area contributed by atoms with Crippen LogP contribution >= 0.6 is 40.7 Å². The van der Waals surface area contributed by atoms with Crippen LogP contribution in [-0.2, 0) is 0 Å². The number of rotatable bonds is 4. The maximum atomic E-state index is 13.0. The highest BCUT2D eigenvalue weighted by atomic mass is 79.9. The summed E-state index contributed by atoms with van der Waals surface area (Å²) in [4.78, 5) is 1.52. The average molecular weight is 494 g/mol. The van der Waals surface area contributed by atoms with Gasteiger partial charge in [0.2, 0.25) is 0 Å². The zero-order chi connectivity index (χ0) is 18.0. The summed E-state index contributed by atoms with van der Waals surface area (Å²) >= 11 is 3.10. The highest BCUT2D eigenvalue weighted by Crippen LogP contribution is 2.40. The maximum Gasteiger partial charge on any atom is 0.573 e. The first kappa shape index (κ1) is 25.6. The molecule has 3 nitrogen and oxygen atoms in total. The number of alkyl halides is 6. The van der Waals surface area contributed by atoms with Crippen molar-refractivity contribution >= 4 is 40.7 Å². The van der Waals surface area contributed by atoms with E-state index < -0.39 is 30.8 Å². The molecule has 0 saturated carbocycles. The van der Waals surface area contributed by atoms with Crippen LogP contribution in [0.3, 0.4) is 0 Å². The van der Waals surface area contributed by atoms with Crippen LogP contribution in [0.4, 0.5) is 26.3 Å². The highest BCUT2D eigenvalue weighted by Gasteiger charge is 2.39. The summed E-state index contributed by atoms with van der Waals surface area (Å²) in [7, 11) is 0. The van der Waals surface area contributed by atoms with E-state index in [0.717, 1.165) is 6.07 Å². The molecule has 0 bridgehead atoms. The molecule has 1 aliphatic heterocycles. The van der Waals surface area contributed by atoms with E-state index in [0.29, 0.717) is 30.7 Å². The molecule has 1 aliphatic rings. The summed E-state index contributed by atoms with van der Waals surface area (Å²) in [6, 6.07) is 2.33. The molecule has 26 heavy (non-hydrogen) atoms. The number of hydrogen-bond donors (Lipinski definition) is 1. The third kappa shape index (κ3) is 8.08. The molecule has 0 aliphatic carbocycles. The Kier molecular flexibility index (Phi) is 10.0. The first-order chi connectivity index (χ1) is 11.1. The van der Waals surface area contributed by atoms with E-state index in [1.54, 1.807) is 0 Å². The minimum atomic E-state index is -4.98. The lowest BCUT2D eigenvalue weighted by molar-refractivity contribution is -0.275. The van der Waals surface area contributed by atoms with E-state index in [-0.39, 0.29) is 30.4 Å². The van der Waals surface area contributed by atoms with Crippen molar-refractivity contribution in [3.63, 3.8) is 0 Å². The molecule has 0 unspecified atom stereocenters. The molecule has 2 rings (SSSR count). The van der Waals surface area contributed by atoms with E-state index in [4.69, 9.17) is 0 Å². The van der Waals surface area contributed by atoms with Crippen molar-refractivity contribution in [2.75, 3.05) is 26.2 Å². The lowest BCUT2D eigenvalue weighted by Crippen LogP contribution is -2.46. The Bertz CT molecular complexity index is 567. The van der Waals surface area contributed by atoms with Gasteiger partial charge in [-0.05, 0) is 18.2 Å². The Balaban J connectivity index is 0.00000312. The van der Waals surface area contributed by atoms with Crippen LogP contribution in [0, 0.1) is 0 Å². The molecular weight excluding hydrogens is 477 g/mol. The van der Waals surface area contributed by atoms with E-state index >= 15 is 0 Å². The van der Waals surface area contributed by atoms with E-state index in [9.17, 15) is 26.3 Å². The Morgan fingerprint density at radius 3 is 2.15 bits per heavy atom. The van der Waals surface area contributed by atoms with E-state index in [2.05, 4.69) is 26.0 Å². The molecule has 152 valence electrons. The molecule has 1 N–H and O–H groups in total. The second kappa shape index (κ2) is 10.2. The van der Waals surface area contributed by atoms with Crippen LogP contribution in [0.2, 0.25) is 0 Å². The van der Waals surface area contributed by atoms with Crippen molar-refractivity contribution in [3.8, 4) is 5.75 Å². The van der Waals surface area contributed by atoms with Gasteiger partial charge >= 0.3 is 12.5 Å². The van der Waals surface area contributed by atoms with Gasteiger partial charge in [-0.15, -0.1) is 38.0 Å². The molecule has 1 saturated heterocycles. The summed E-state index contributed by atoms with van der Waals surface area (Å²) in [5, 5.41) is 3.00. The quantitative estimate of drug-likeness (QED) is 0.591. The topological polar surface area (TPSA) is 24.5 Å². The van der Waals surface area contributed by atoms with Crippen LogP contribution in [-0.4, -0.2) is 43.6 Å². The number of halogens is 9. The fourth-order valence-corrected chi connectivity index (χ4v) is 3.02. The lowest BCUT2D eigenvalue weighted by atomic mass is 9.99. The van der Waals surface area contributed by atoms with Gasteiger partial charge in [0.1, 0.15) is 5.75 Å². The number of piperazine rings is 1. The monoisotopic (exact) mass is 492 g/mol. The largest absolute Gasteiger partial charge is 0.573 e. The highest BCUT2D eigenvalue weighted by molar-refractivity contribution is 9.10. The SMILES string of the molecule is Cl.Cl.FC(F)(F)C[C@@H](c1cc(Br)ccc1OC(F)(F)F)N1CCNCC1. The number of benzene rings is 1. The van der Waals surface area contributed by atoms with Crippen molar-refractivity contribution in [3.05, 3.63) is 28.2 Å². The Labute approximate surface area is 167 Å². The van der Waals surface area contributed by atoms with Gasteiger partial charge in [-0.2, -0.15) is 13.2 Å². The molecule has 1 heterocycles. The lowest BCUT2D eigenvalue weighted by Gasteiger charge is -2.36. The average Bonchev–Trinajstić information content (AvgIpc) is 2.45. The van der Waals surface area contributed by atoms with Gasteiger partial charge < -0.3 is 10.1 Å². The molecule has 0 radical (unpaired) electrons. The molecule has 1 aromatic carbocycles. The van der Waals surface area contributed by atoms with Gasteiger partial charge in [-0.25, -0.2) is 0 Å². The molecule has 1 aromatic rings. The normalized spacial score (nSPS) is 17.0. The smallest absolute Gasteiger partial charge is 0.405 e. The first-order valence-electron chi connectivity index (χ1n) is 7.12. The summed E-state index contributed by atoms with van der Waals surface area (Å²) in [6.45, 7) is 1.55. The summed E-state index contributed by atoms with van der Waals surface area (Å²) in [5.41, 5.74) is -0.138. The van der Waals surface area contributed by atoms with Crippen molar-refractivity contribution in [1.29, 1.82) is 0 Å². The summed E-state index contributed by atoms with van der Waals surface area (Å²) < 4.78 is 81.1. The minimum absolute atomic E-state index is 0. The second-order valence-electron chi connectivity index (χ2n) is 5.35. The van der Waals surface area contributed by atoms with Crippen molar-refractivity contribution in [1.82, 2.24) is 10.2 Å². The summed E-state index contributed by atoms with van der Waals surface area (Å²) in [6.07, 6.45) is -10.8. The third-order valence-electron chi connectivity index (χ3n) is 3.57. The third-order valence-corrected chi connectivity index (χ3v) is 4.07. The first-order valence-corrected chi connectivity index (χ1v) is 7.91. The number of nitrogens with zero attached hydrogens (tertiary/aromatic N) is 1. The second-order valence-corrected chi connectivity index (χ2v) is 6.27. The molecule has 0 amide bonds. The predicted octanol–water partition coefficient (Wildman–Crippen LogP) is 5.09. The van der Waals surface area contributed by atoms with Gasteiger partial charge in [0.15, 0.2) is 0 Å². The predicted molar refractivity (Wildman–Crippen MR) is 93.2 cm³/mol. The summed E-state index contributed by atoms with van der Waals surface area (Å²) in [5.74, 6) is -0.613. The number of ether oxygens (including phenoxy) is 1. The van der Waals surface area contributed by atoms with Gasteiger partial charge in [-0.3, -0.25) is 4.90 Å². The van der Waals surface area contributed by atoms with Crippen LogP contribution in [0.15, 0.2) is 22.7 Å².